The zero-order valence-corrected chi connectivity index (χ0v) is 17.7. The minimum Gasteiger partial charge on any atom is -0.493 e. The van der Waals surface area contributed by atoms with Crippen molar-refractivity contribution < 1.29 is 9.47 Å². The van der Waals surface area contributed by atoms with Crippen molar-refractivity contribution in [2.24, 2.45) is 7.05 Å². The van der Waals surface area contributed by atoms with Crippen LogP contribution in [0.15, 0.2) is 52.6 Å². The molecule has 4 rings (SSSR count). The van der Waals surface area contributed by atoms with Crippen LogP contribution in [0, 0.1) is 6.92 Å². The standard InChI is InChI=1S/C21H21N5O3S/c1-4-28-19-11-7-10-18(26-21(27)25(3)23-24-26)16(19)12-29-20-22-17(13-30-20)15-9-6-5-8-14(15)2/h5-11,13H,4,12H2,1-3H3. The van der Waals surface area contributed by atoms with Gasteiger partial charge in [0.15, 0.2) is 0 Å². The number of rotatable bonds is 7. The fraction of sp³-hybridized carbons (Fsp3) is 0.238. The Hall–Kier alpha value is -3.46. The summed E-state index contributed by atoms with van der Waals surface area (Å²) in [7, 11) is 1.55. The van der Waals surface area contributed by atoms with Gasteiger partial charge in [-0.25, -0.2) is 9.78 Å². The summed E-state index contributed by atoms with van der Waals surface area (Å²) in [6.07, 6.45) is 0. The van der Waals surface area contributed by atoms with E-state index in [4.69, 9.17) is 9.47 Å². The van der Waals surface area contributed by atoms with Crippen molar-refractivity contribution in [1.29, 1.82) is 0 Å². The van der Waals surface area contributed by atoms with Gasteiger partial charge in [-0.15, -0.1) is 0 Å². The van der Waals surface area contributed by atoms with Gasteiger partial charge in [-0.3, -0.25) is 0 Å². The number of tetrazole rings is 1. The molecule has 0 aliphatic carbocycles. The Morgan fingerprint density at radius 2 is 1.90 bits per heavy atom. The molecule has 0 spiro atoms. The van der Waals surface area contributed by atoms with Crippen LogP contribution in [0.3, 0.4) is 0 Å². The van der Waals surface area contributed by atoms with Gasteiger partial charge < -0.3 is 9.47 Å². The van der Waals surface area contributed by atoms with Crippen LogP contribution in [0.5, 0.6) is 10.9 Å². The lowest BCUT2D eigenvalue weighted by molar-refractivity contribution is 0.284. The quantitative estimate of drug-likeness (QED) is 0.453. The lowest BCUT2D eigenvalue weighted by Gasteiger charge is -2.14. The minimum atomic E-state index is -0.346. The molecule has 0 aliphatic rings. The maximum absolute atomic E-state index is 12.4. The first-order valence-electron chi connectivity index (χ1n) is 9.47. The molecular weight excluding hydrogens is 402 g/mol. The molecule has 8 nitrogen and oxygen atoms in total. The summed E-state index contributed by atoms with van der Waals surface area (Å²) in [6, 6.07) is 13.5. The number of hydrogen-bond acceptors (Lipinski definition) is 7. The summed E-state index contributed by atoms with van der Waals surface area (Å²) in [5.41, 5.74) is 4.02. The second-order valence-corrected chi connectivity index (χ2v) is 7.41. The first-order valence-corrected chi connectivity index (χ1v) is 10.3. The number of ether oxygens (including phenoxy) is 2. The normalized spacial score (nSPS) is 10.9. The number of nitrogens with zero attached hydrogens (tertiary/aromatic N) is 5. The molecule has 0 saturated carbocycles. The average molecular weight is 423 g/mol. The maximum atomic E-state index is 12.4. The molecule has 154 valence electrons. The van der Waals surface area contributed by atoms with Crippen molar-refractivity contribution >= 4 is 11.3 Å². The Morgan fingerprint density at radius 1 is 1.07 bits per heavy atom. The van der Waals surface area contributed by atoms with E-state index in [9.17, 15) is 4.79 Å². The van der Waals surface area contributed by atoms with E-state index in [-0.39, 0.29) is 12.3 Å². The third-order valence-corrected chi connectivity index (χ3v) is 5.35. The second-order valence-electron chi connectivity index (χ2n) is 6.59. The molecule has 0 bridgehead atoms. The van der Waals surface area contributed by atoms with Crippen LogP contribution in [-0.2, 0) is 13.7 Å². The first kappa shape index (κ1) is 19.8. The van der Waals surface area contributed by atoms with E-state index >= 15 is 0 Å². The van der Waals surface area contributed by atoms with Crippen molar-refractivity contribution in [2.45, 2.75) is 20.5 Å². The molecule has 0 unspecified atom stereocenters. The maximum Gasteiger partial charge on any atom is 0.368 e. The number of benzene rings is 2. The van der Waals surface area contributed by atoms with Gasteiger partial charge in [0.05, 0.1) is 23.6 Å². The van der Waals surface area contributed by atoms with Crippen LogP contribution in [0.4, 0.5) is 0 Å². The van der Waals surface area contributed by atoms with Crippen LogP contribution in [0.25, 0.3) is 16.9 Å². The number of aromatic nitrogens is 5. The number of thiazole rings is 1. The Morgan fingerprint density at radius 3 is 2.63 bits per heavy atom. The molecule has 0 aliphatic heterocycles. The van der Waals surface area contributed by atoms with Gasteiger partial charge in [-0.05, 0) is 42.0 Å². The largest absolute Gasteiger partial charge is 0.493 e. The van der Waals surface area contributed by atoms with Crippen LogP contribution >= 0.6 is 11.3 Å². The second kappa shape index (κ2) is 8.50. The third-order valence-electron chi connectivity index (χ3n) is 4.60. The Balaban J connectivity index is 1.64. The summed E-state index contributed by atoms with van der Waals surface area (Å²) < 4.78 is 14.2. The lowest BCUT2D eigenvalue weighted by Crippen LogP contribution is -2.23. The Labute approximate surface area is 177 Å². The summed E-state index contributed by atoms with van der Waals surface area (Å²) >= 11 is 1.43. The van der Waals surface area contributed by atoms with Gasteiger partial charge in [0, 0.05) is 18.0 Å². The molecule has 2 heterocycles. The molecular formula is C21H21N5O3S. The average Bonchev–Trinajstić information content (AvgIpc) is 3.34. The smallest absolute Gasteiger partial charge is 0.368 e. The molecule has 0 atom stereocenters. The molecule has 30 heavy (non-hydrogen) atoms. The Kier molecular flexibility index (Phi) is 5.62. The predicted octanol–water partition coefficient (Wildman–Crippen LogP) is 3.38. The first-order chi connectivity index (χ1) is 14.6. The summed E-state index contributed by atoms with van der Waals surface area (Å²) in [4.78, 5) is 17.0. The highest BCUT2D eigenvalue weighted by molar-refractivity contribution is 7.11. The van der Waals surface area contributed by atoms with E-state index in [0.717, 1.165) is 16.8 Å². The van der Waals surface area contributed by atoms with Crippen molar-refractivity contribution in [3.05, 3.63) is 69.5 Å². The van der Waals surface area contributed by atoms with Crippen molar-refractivity contribution in [1.82, 2.24) is 24.8 Å². The van der Waals surface area contributed by atoms with Crippen molar-refractivity contribution in [3.63, 3.8) is 0 Å². The number of hydrogen-bond donors (Lipinski definition) is 0. The van der Waals surface area contributed by atoms with Gasteiger partial charge in [0.1, 0.15) is 12.4 Å². The lowest BCUT2D eigenvalue weighted by atomic mass is 10.1. The number of aryl methyl sites for hydroxylation is 2. The van der Waals surface area contributed by atoms with Crippen LogP contribution in [0.1, 0.15) is 18.1 Å². The van der Waals surface area contributed by atoms with Crippen molar-refractivity contribution in [2.75, 3.05) is 6.61 Å². The highest BCUT2D eigenvalue weighted by Gasteiger charge is 2.17. The zero-order valence-electron chi connectivity index (χ0n) is 16.9. The molecule has 4 aromatic rings. The molecule has 2 aromatic heterocycles. The van der Waals surface area contributed by atoms with Gasteiger partial charge in [-0.1, -0.05) is 41.7 Å². The molecule has 0 fully saturated rings. The Bertz CT molecular complexity index is 1230. The van der Waals surface area contributed by atoms with E-state index in [1.165, 1.54) is 20.7 Å². The van der Waals surface area contributed by atoms with Crippen molar-refractivity contribution in [3.8, 4) is 27.9 Å². The molecule has 0 amide bonds. The predicted molar refractivity (Wildman–Crippen MR) is 114 cm³/mol. The van der Waals surface area contributed by atoms with Crippen LogP contribution in [-0.4, -0.2) is 31.4 Å². The summed E-state index contributed by atoms with van der Waals surface area (Å²) in [6.45, 7) is 4.62. The van der Waals surface area contributed by atoms with E-state index < -0.39 is 0 Å². The fourth-order valence-corrected chi connectivity index (χ4v) is 3.76. The molecule has 0 N–H and O–H groups in total. The molecule has 0 radical (unpaired) electrons. The van der Waals surface area contributed by atoms with E-state index in [2.05, 4.69) is 28.4 Å². The monoisotopic (exact) mass is 423 g/mol. The van der Waals surface area contributed by atoms with Gasteiger partial charge in [0.25, 0.3) is 5.19 Å². The summed E-state index contributed by atoms with van der Waals surface area (Å²) in [5.74, 6) is 0.628. The van der Waals surface area contributed by atoms with Gasteiger partial charge >= 0.3 is 5.69 Å². The third kappa shape index (κ3) is 3.84. The molecule has 2 aromatic carbocycles. The van der Waals surface area contributed by atoms with Crippen LogP contribution < -0.4 is 15.2 Å². The SMILES string of the molecule is CCOc1cccc(-n2nnn(C)c2=O)c1COc1nc(-c2ccccc2C)cs1. The highest BCUT2D eigenvalue weighted by atomic mass is 32.1. The van der Waals surface area contributed by atoms with E-state index in [1.807, 2.05) is 42.6 Å². The van der Waals surface area contributed by atoms with E-state index in [1.54, 1.807) is 13.1 Å². The highest BCUT2D eigenvalue weighted by Crippen LogP contribution is 2.31. The fourth-order valence-electron chi connectivity index (χ4n) is 3.09. The van der Waals surface area contributed by atoms with Gasteiger partial charge in [-0.2, -0.15) is 9.36 Å². The zero-order chi connectivity index (χ0) is 21.1. The van der Waals surface area contributed by atoms with Crippen LogP contribution in [0.2, 0.25) is 0 Å². The minimum absolute atomic E-state index is 0.176. The topological polar surface area (TPSA) is 84.1 Å². The van der Waals surface area contributed by atoms with Gasteiger partial charge in [0.2, 0.25) is 0 Å². The summed E-state index contributed by atoms with van der Waals surface area (Å²) in [5, 5.41) is 10.3. The molecule has 9 heteroatoms. The van der Waals surface area contributed by atoms with E-state index in [0.29, 0.717) is 28.8 Å². The molecule has 0 saturated heterocycles.